The van der Waals surface area contributed by atoms with Crippen LogP contribution in [0.4, 0.5) is 11.4 Å². The second-order valence-electron chi connectivity index (χ2n) is 6.69. The summed E-state index contributed by atoms with van der Waals surface area (Å²) in [7, 11) is 0. The monoisotopic (exact) mass is 376 g/mol. The van der Waals surface area contributed by atoms with Crippen LogP contribution in [-0.2, 0) is 14.3 Å². The molecular formula is C20H32N4O3. The Labute approximate surface area is 162 Å². The summed E-state index contributed by atoms with van der Waals surface area (Å²) < 4.78 is 5.31. The number of rotatable bonds is 8. The highest BCUT2D eigenvalue weighted by atomic mass is 16.5. The van der Waals surface area contributed by atoms with Gasteiger partial charge in [-0.3, -0.25) is 14.5 Å². The van der Waals surface area contributed by atoms with Crippen LogP contribution in [0.3, 0.4) is 0 Å². The second kappa shape index (κ2) is 10.9. The van der Waals surface area contributed by atoms with Crippen molar-refractivity contribution in [2.75, 3.05) is 62.7 Å². The predicted octanol–water partition coefficient (Wildman–Crippen LogP) is 1.62. The molecule has 7 heteroatoms. The molecule has 1 aromatic rings. The van der Waals surface area contributed by atoms with Crippen LogP contribution >= 0.6 is 0 Å². The Morgan fingerprint density at radius 2 is 1.85 bits per heavy atom. The van der Waals surface area contributed by atoms with Gasteiger partial charge in [0.15, 0.2) is 0 Å². The summed E-state index contributed by atoms with van der Waals surface area (Å²) in [6, 6.07) is 5.85. The first-order valence-corrected chi connectivity index (χ1v) is 9.80. The van der Waals surface area contributed by atoms with Crippen LogP contribution in [0.25, 0.3) is 0 Å². The largest absolute Gasteiger partial charge is 0.379 e. The van der Waals surface area contributed by atoms with Crippen LogP contribution in [0.1, 0.15) is 25.8 Å². The third-order valence-corrected chi connectivity index (χ3v) is 4.83. The maximum atomic E-state index is 12.1. The van der Waals surface area contributed by atoms with Gasteiger partial charge in [-0.05, 0) is 57.5 Å². The van der Waals surface area contributed by atoms with E-state index in [0.29, 0.717) is 12.2 Å². The van der Waals surface area contributed by atoms with Gasteiger partial charge >= 0.3 is 11.8 Å². The molecule has 2 N–H and O–H groups in total. The smallest absolute Gasteiger partial charge is 0.313 e. The van der Waals surface area contributed by atoms with Gasteiger partial charge in [-0.1, -0.05) is 0 Å². The van der Waals surface area contributed by atoms with Crippen LogP contribution in [0.2, 0.25) is 0 Å². The van der Waals surface area contributed by atoms with Gasteiger partial charge in [-0.15, -0.1) is 0 Å². The molecule has 0 aliphatic carbocycles. The summed E-state index contributed by atoms with van der Waals surface area (Å²) in [6.07, 6.45) is 0.816. The molecule has 1 fully saturated rings. The molecule has 0 aromatic heterocycles. The molecule has 1 aliphatic heterocycles. The van der Waals surface area contributed by atoms with Gasteiger partial charge in [0.1, 0.15) is 0 Å². The number of morpholine rings is 1. The highest BCUT2D eigenvalue weighted by molar-refractivity contribution is 6.39. The van der Waals surface area contributed by atoms with Gasteiger partial charge < -0.3 is 20.3 Å². The van der Waals surface area contributed by atoms with Gasteiger partial charge in [0.25, 0.3) is 0 Å². The molecule has 1 aromatic carbocycles. The zero-order chi connectivity index (χ0) is 19.6. The predicted molar refractivity (Wildman–Crippen MR) is 108 cm³/mol. The summed E-state index contributed by atoms with van der Waals surface area (Å²) in [5, 5.41) is 5.40. The molecule has 0 unspecified atom stereocenters. The number of carbonyl (C=O) groups excluding carboxylic acids is 2. The van der Waals surface area contributed by atoms with Gasteiger partial charge in [-0.2, -0.15) is 0 Å². The Hall–Kier alpha value is -2.12. The highest BCUT2D eigenvalue weighted by Gasteiger charge is 2.15. The number of benzene rings is 1. The minimum Gasteiger partial charge on any atom is -0.379 e. The maximum absolute atomic E-state index is 12.1. The molecule has 150 valence electrons. The van der Waals surface area contributed by atoms with Crippen molar-refractivity contribution in [2.24, 2.45) is 0 Å². The standard InChI is InChI=1S/C20H32N4O3/c1-4-24(5-2)17-7-8-18(16(3)15-17)22-20(26)19(25)21-9-6-10-23-11-13-27-14-12-23/h7-8,15H,4-6,9-14H2,1-3H3,(H,21,25)(H,22,26). The van der Waals surface area contributed by atoms with Crippen LogP contribution < -0.4 is 15.5 Å². The minimum absolute atomic E-state index is 0.490. The fourth-order valence-corrected chi connectivity index (χ4v) is 3.16. The maximum Gasteiger partial charge on any atom is 0.313 e. The molecule has 1 heterocycles. The lowest BCUT2D eigenvalue weighted by molar-refractivity contribution is -0.136. The van der Waals surface area contributed by atoms with E-state index >= 15 is 0 Å². The Morgan fingerprint density at radius 1 is 1.15 bits per heavy atom. The van der Waals surface area contributed by atoms with Gasteiger partial charge in [0.05, 0.1) is 13.2 Å². The van der Waals surface area contributed by atoms with E-state index in [4.69, 9.17) is 4.74 Å². The number of nitrogens with zero attached hydrogens (tertiary/aromatic N) is 2. The van der Waals surface area contributed by atoms with E-state index in [-0.39, 0.29) is 0 Å². The van der Waals surface area contributed by atoms with Crippen molar-refractivity contribution in [3.8, 4) is 0 Å². The average Bonchev–Trinajstić information content (AvgIpc) is 2.68. The van der Waals surface area contributed by atoms with Crippen molar-refractivity contribution in [1.82, 2.24) is 10.2 Å². The molecule has 27 heavy (non-hydrogen) atoms. The zero-order valence-corrected chi connectivity index (χ0v) is 16.7. The summed E-state index contributed by atoms with van der Waals surface area (Å²) in [5.74, 6) is -1.22. The van der Waals surface area contributed by atoms with Crippen molar-refractivity contribution in [1.29, 1.82) is 0 Å². The Balaban J connectivity index is 1.77. The van der Waals surface area contributed by atoms with E-state index in [1.54, 1.807) is 0 Å². The molecular weight excluding hydrogens is 344 g/mol. The number of carbonyl (C=O) groups is 2. The Morgan fingerprint density at radius 3 is 2.48 bits per heavy atom. The number of hydrogen-bond donors (Lipinski definition) is 2. The molecule has 0 saturated carbocycles. The molecule has 2 amide bonds. The quantitative estimate of drug-likeness (QED) is 0.533. The van der Waals surface area contributed by atoms with Crippen molar-refractivity contribution < 1.29 is 14.3 Å². The highest BCUT2D eigenvalue weighted by Crippen LogP contribution is 2.22. The van der Waals surface area contributed by atoms with E-state index < -0.39 is 11.8 Å². The molecule has 0 spiro atoms. The molecule has 0 atom stereocenters. The number of nitrogens with one attached hydrogen (secondary N) is 2. The van der Waals surface area contributed by atoms with Crippen LogP contribution in [-0.4, -0.2) is 69.2 Å². The SMILES string of the molecule is CCN(CC)c1ccc(NC(=O)C(=O)NCCCN2CCOCC2)c(C)c1. The summed E-state index contributed by atoms with van der Waals surface area (Å²) in [4.78, 5) is 28.7. The topological polar surface area (TPSA) is 73.9 Å². The van der Waals surface area contributed by atoms with E-state index in [9.17, 15) is 9.59 Å². The zero-order valence-electron chi connectivity index (χ0n) is 16.7. The second-order valence-corrected chi connectivity index (χ2v) is 6.69. The minimum atomic E-state index is -0.625. The molecule has 1 saturated heterocycles. The summed E-state index contributed by atoms with van der Waals surface area (Å²) in [6.45, 7) is 12.8. The van der Waals surface area contributed by atoms with Crippen LogP contribution in [0.5, 0.6) is 0 Å². The van der Waals surface area contributed by atoms with Gasteiger partial charge in [0.2, 0.25) is 0 Å². The Kier molecular flexibility index (Phi) is 8.54. The summed E-state index contributed by atoms with van der Waals surface area (Å²) >= 11 is 0. The average molecular weight is 377 g/mol. The fourth-order valence-electron chi connectivity index (χ4n) is 3.16. The Bertz CT molecular complexity index is 626. The number of ether oxygens (including phenoxy) is 1. The third-order valence-electron chi connectivity index (χ3n) is 4.83. The van der Waals surface area contributed by atoms with E-state index in [1.807, 2.05) is 25.1 Å². The van der Waals surface area contributed by atoms with E-state index in [1.165, 1.54) is 0 Å². The number of anilines is 2. The normalized spacial score (nSPS) is 14.6. The first-order chi connectivity index (χ1) is 13.0. The molecule has 0 radical (unpaired) electrons. The molecule has 0 bridgehead atoms. The fraction of sp³-hybridized carbons (Fsp3) is 0.600. The lowest BCUT2D eigenvalue weighted by Crippen LogP contribution is -2.39. The van der Waals surface area contributed by atoms with Crippen LogP contribution in [0.15, 0.2) is 18.2 Å². The number of hydrogen-bond acceptors (Lipinski definition) is 5. The number of aryl methyl sites for hydroxylation is 1. The summed E-state index contributed by atoms with van der Waals surface area (Å²) in [5.41, 5.74) is 2.72. The number of amides is 2. The first-order valence-electron chi connectivity index (χ1n) is 9.80. The molecule has 1 aliphatic rings. The lowest BCUT2D eigenvalue weighted by atomic mass is 10.1. The van der Waals surface area contributed by atoms with Crippen molar-refractivity contribution in [3.05, 3.63) is 23.8 Å². The van der Waals surface area contributed by atoms with Crippen molar-refractivity contribution >= 4 is 23.2 Å². The third kappa shape index (κ3) is 6.52. The van der Waals surface area contributed by atoms with E-state index in [2.05, 4.69) is 34.3 Å². The lowest BCUT2D eigenvalue weighted by Gasteiger charge is -2.26. The van der Waals surface area contributed by atoms with Gasteiger partial charge in [-0.25, -0.2) is 0 Å². The molecule has 2 rings (SSSR count). The molecule has 7 nitrogen and oxygen atoms in total. The van der Waals surface area contributed by atoms with Crippen molar-refractivity contribution in [3.63, 3.8) is 0 Å². The van der Waals surface area contributed by atoms with Gasteiger partial charge in [0, 0.05) is 44.1 Å². The van der Waals surface area contributed by atoms with E-state index in [0.717, 1.165) is 63.6 Å². The van der Waals surface area contributed by atoms with Crippen molar-refractivity contribution in [2.45, 2.75) is 27.2 Å². The van der Waals surface area contributed by atoms with Crippen LogP contribution in [0, 0.1) is 6.92 Å². The first kappa shape index (κ1) is 21.2.